The van der Waals surface area contributed by atoms with Gasteiger partial charge in [0.15, 0.2) is 11.7 Å². The van der Waals surface area contributed by atoms with Gasteiger partial charge in [0.2, 0.25) is 5.82 Å². The Labute approximate surface area is 199 Å². The molecule has 10 heteroatoms. The van der Waals surface area contributed by atoms with Crippen LogP contribution in [0, 0.1) is 0 Å². The van der Waals surface area contributed by atoms with Crippen molar-refractivity contribution in [1.82, 2.24) is 25.8 Å². The van der Waals surface area contributed by atoms with Gasteiger partial charge in [-0.1, -0.05) is 0 Å². The summed E-state index contributed by atoms with van der Waals surface area (Å²) in [6.45, 7) is 5.37. The molecule has 0 bridgehead atoms. The number of guanidine groups is 1. The molecule has 0 amide bonds. The fourth-order valence-electron chi connectivity index (χ4n) is 2.98. The molecule has 1 unspecified atom stereocenters. The molecule has 0 aliphatic rings. The van der Waals surface area contributed by atoms with Crippen LogP contribution in [0.2, 0.25) is 0 Å². The SMILES string of the molecule is CCNC(=NCCc1nc(-c2ccco2)n[nH]1)NC(C)c1cc(OC)ccc1OC.I. The summed E-state index contributed by atoms with van der Waals surface area (Å²) in [6, 6.07) is 9.34. The maximum absolute atomic E-state index is 5.50. The third kappa shape index (κ3) is 6.61. The van der Waals surface area contributed by atoms with E-state index in [1.54, 1.807) is 20.5 Å². The lowest BCUT2D eigenvalue weighted by Gasteiger charge is -2.20. The number of furan rings is 1. The highest BCUT2D eigenvalue weighted by atomic mass is 127. The number of aromatic amines is 1. The Kier molecular flexibility index (Phi) is 9.63. The molecule has 0 saturated heterocycles. The van der Waals surface area contributed by atoms with Crippen LogP contribution in [0.25, 0.3) is 11.6 Å². The van der Waals surface area contributed by atoms with E-state index in [9.17, 15) is 0 Å². The Bertz CT molecular complexity index is 958. The van der Waals surface area contributed by atoms with Crippen LogP contribution >= 0.6 is 24.0 Å². The van der Waals surface area contributed by atoms with Crippen LogP contribution < -0.4 is 20.1 Å². The minimum Gasteiger partial charge on any atom is -0.497 e. The van der Waals surface area contributed by atoms with Crippen molar-refractivity contribution in [2.75, 3.05) is 27.3 Å². The number of rotatable bonds is 9. The van der Waals surface area contributed by atoms with Crippen LogP contribution in [0.3, 0.4) is 0 Å². The Morgan fingerprint density at radius 2 is 2.10 bits per heavy atom. The van der Waals surface area contributed by atoms with Gasteiger partial charge >= 0.3 is 0 Å². The molecule has 0 fully saturated rings. The Balaban J connectivity index is 0.00000341. The van der Waals surface area contributed by atoms with E-state index in [1.807, 2.05) is 37.3 Å². The average Bonchev–Trinajstić information content (AvgIpc) is 3.45. The third-order valence-electron chi connectivity index (χ3n) is 4.49. The number of methoxy groups -OCH3 is 2. The standard InChI is InChI=1S/C21H28N6O3.HI/c1-5-22-21(24-14(2)16-13-15(28-3)8-9-17(16)29-4)23-11-10-19-25-20(27-26-19)18-7-6-12-30-18;/h6-9,12-14H,5,10-11H2,1-4H3,(H2,22,23,24)(H,25,26,27);1H. The lowest BCUT2D eigenvalue weighted by Crippen LogP contribution is -2.39. The molecule has 168 valence electrons. The van der Waals surface area contributed by atoms with E-state index in [0.717, 1.165) is 29.4 Å². The first-order chi connectivity index (χ1) is 14.6. The quantitative estimate of drug-likeness (QED) is 0.216. The first-order valence-corrected chi connectivity index (χ1v) is 9.86. The molecule has 1 aromatic carbocycles. The largest absolute Gasteiger partial charge is 0.497 e. The molecule has 9 nitrogen and oxygen atoms in total. The van der Waals surface area contributed by atoms with Crippen LogP contribution in [0.4, 0.5) is 0 Å². The second-order valence-electron chi connectivity index (χ2n) is 6.57. The molecule has 0 saturated carbocycles. The first-order valence-electron chi connectivity index (χ1n) is 9.86. The van der Waals surface area contributed by atoms with Crippen molar-refractivity contribution in [2.24, 2.45) is 4.99 Å². The van der Waals surface area contributed by atoms with Gasteiger partial charge in [-0.15, -0.1) is 24.0 Å². The molecule has 0 spiro atoms. The van der Waals surface area contributed by atoms with Crippen LogP contribution in [0.5, 0.6) is 11.5 Å². The summed E-state index contributed by atoms with van der Waals surface area (Å²) in [5.74, 6) is 4.21. The Morgan fingerprint density at radius 1 is 1.26 bits per heavy atom. The molecule has 0 radical (unpaired) electrons. The predicted octanol–water partition coefficient (Wildman–Crippen LogP) is 3.56. The van der Waals surface area contributed by atoms with Gasteiger partial charge in [0.25, 0.3) is 0 Å². The van der Waals surface area contributed by atoms with Gasteiger partial charge in [-0.2, -0.15) is 5.10 Å². The molecule has 3 N–H and O–H groups in total. The van der Waals surface area contributed by atoms with E-state index < -0.39 is 0 Å². The monoisotopic (exact) mass is 540 g/mol. The zero-order valence-corrected chi connectivity index (χ0v) is 20.5. The van der Waals surface area contributed by atoms with Crippen LogP contribution in [0.1, 0.15) is 31.3 Å². The van der Waals surface area contributed by atoms with Gasteiger partial charge in [0, 0.05) is 25.1 Å². The zero-order valence-electron chi connectivity index (χ0n) is 18.1. The highest BCUT2D eigenvalue weighted by Gasteiger charge is 2.14. The summed E-state index contributed by atoms with van der Waals surface area (Å²) in [5, 5.41) is 13.8. The molecule has 1 atom stereocenters. The second kappa shape index (κ2) is 12.2. The van der Waals surface area contributed by atoms with Crippen molar-refractivity contribution in [3.63, 3.8) is 0 Å². The lowest BCUT2D eigenvalue weighted by atomic mass is 10.1. The summed E-state index contributed by atoms with van der Waals surface area (Å²) in [7, 11) is 3.31. The minimum atomic E-state index is -0.0383. The Morgan fingerprint density at radius 3 is 2.77 bits per heavy atom. The number of halogens is 1. The van der Waals surface area contributed by atoms with E-state index in [1.165, 1.54) is 0 Å². The summed E-state index contributed by atoms with van der Waals surface area (Å²) in [4.78, 5) is 9.10. The Hall–Kier alpha value is -2.76. The van der Waals surface area contributed by atoms with E-state index in [0.29, 0.717) is 30.5 Å². The number of ether oxygens (including phenoxy) is 2. The third-order valence-corrected chi connectivity index (χ3v) is 4.49. The maximum atomic E-state index is 5.50. The fraction of sp³-hybridized carbons (Fsp3) is 0.381. The molecule has 2 heterocycles. The number of aromatic nitrogens is 3. The van der Waals surface area contributed by atoms with Crippen molar-refractivity contribution >= 4 is 29.9 Å². The van der Waals surface area contributed by atoms with Gasteiger partial charge in [0.05, 0.1) is 26.5 Å². The summed E-state index contributed by atoms with van der Waals surface area (Å²) in [5.41, 5.74) is 0.987. The van der Waals surface area contributed by atoms with Gasteiger partial charge in [-0.3, -0.25) is 10.1 Å². The summed E-state index contributed by atoms with van der Waals surface area (Å²) in [6.07, 6.45) is 2.23. The first kappa shape index (κ1) is 24.5. The van der Waals surface area contributed by atoms with Crippen LogP contribution in [-0.2, 0) is 6.42 Å². The molecule has 31 heavy (non-hydrogen) atoms. The fourth-order valence-corrected chi connectivity index (χ4v) is 2.98. The molecule has 3 aromatic rings. The highest BCUT2D eigenvalue weighted by Crippen LogP contribution is 2.29. The second-order valence-corrected chi connectivity index (χ2v) is 6.57. The smallest absolute Gasteiger partial charge is 0.216 e. The molecular weight excluding hydrogens is 511 g/mol. The number of nitrogens with one attached hydrogen (secondary N) is 3. The van der Waals surface area contributed by atoms with Crippen LogP contribution in [0.15, 0.2) is 46.0 Å². The van der Waals surface area contributed by atoms with E-state index in [-0.39, 0.29) is 30.0 Å². The zero-order chi connectivity index (χ0) is 21.3. The molecular formula is C21H29IN6O3. The summed E-state index contributed by atoms with van der Waals surface area (Å²) >= 11 is 0. The number of aliphatic imine (C=N–C) groups is 1. The molecule has 0 aliphatic carbocycles. The number of benzene rings is 1. The predicted molar refractivity (Wildman–Crippen MR) is 130 cm³/mol. The van der Waals surface area contributed by atoms with E-state index >= 15 is 0 Å². The topological polar surface area (TPSA) is 110 Å². The normalized spacial score (nSPS) is 12.1. The average molecular weight is 540 g/mol. The van der Waals surface area contributed by atoms with Crippen molar-refractivity contribution < 1.29 is 13.9 Å². The maximum Gasteiger partial charge on any atom is 0.216 e. The number of hydrogen-bond donors (Lipinski definition) is 3. The van der Waals surface area contributed by atoms with Gasteiger partial charge in [-0.25, -0.2) is 4.98 Å². The van der Waals surface area contributed by atoms with Crippen molar-refractivity contribution in [3.8, 4) is 23.1 Å². The van der Waals surface area contributed by atoms with Crippen molar-refractivity contribution in [3.05, 3.63) is 48.0 Å². The minimum absolute atomic E-state index is 0. The highest BCUT2D eigenvalue weighted by molar-refractivity contribution is 14.0. The van der Waals surface area contributed by atoms with Crippen LogP contribution in [-0.4, -0.2) is 48.5 Å². The number of hydrogen-bond acceptors (Lipinski definition) is 6. The lowest BCUT2D eigenvalue weighted by molar-refractivity contribution is 0.394. The van der Waals surface area contributed by atoms with Crippen molar-refractivity contribution in [1.29, 1.82) is 0 Å². The van der Waals surface area contributed by atoms with Crippen molar-refractivity contribution in [2.45, 2.75) is 26.3 Å². The van der Waals surface area contributed by atoms with Gasteiger partial charge in [0.1, 0.15) is 17.3 Å². The number of H-pyrrole nitrogens is 1. The molecule has 2 aromatic heterocycles. The summed E-state index contributed by atoms with van der Waals surface area (Å²) < 4.78 is 16.2. The van der Waals surface area contributed by atoms with E-state index in [4.69, 9.17) is 13.9 Å². The van der Waals surface area contributed by atoms with Gasteiger partial charge in [-0.05, 0) is 44.2 Å². The molecule has 3 rings (SSSR count). The van der Waals surface area contributed by atoms with Gasteiger partial charge < -0.3 is 24.5 Å². The molecule has 0 aliphatic heterocycles. The number of nitrogens with zero attached hydrogens (tertiary/aromatic N) is 3. The van der Waals surface area contributed by atoms with E-state index in [2.05, 4.69) is 37.7 Å².